The van der Waals surface area contributed by atoms with Gasteiger partial charge in [0.2, 0.25) is 11.7 Å². The molecule has 9 nitrogen and oxygen atoms in total. The number of rotatable bonds is 12. The quantitative estimate of drug-likeness (QED) is 0.285. The maximum absolute atomic E-state index is 12.7. The maximum atomic E-state index is 12.7. The van der Waals surface area contributed by atoms with E-state index in [1.54, 1.807) is 30.4 Å². The van der Waals surface area contributed by atoms with Gasteiger partial charge in [-0.1, -0.05) is 18.2 Å². The van der Waals surface area contributed by atoms with Gasteiger partial charge in [0.1, 0.15) is 6.04 Å². The highest BCUT2D eigenvalue weighted by atomic mass is 19.3. The van der Waals surface area contributed by atoms with Crippen molar-refractivity contribution in [2.45, 2.75) is 12.7 Å². The summed E-state index contributed by atoms with van der Waals surface area (Å²) in [4.78, 5) is 11.3. The van der Waals surface area contributed by atoms with E-state index in [0.29, 0.717) is 22.8 Å². The van der Waals surface area contributed by atoms with Crippen LogP contribution in [0, 0.1) is 0 Å². The molecule has 2 aromatic carbocycles. The van der Waals surface area contributed by atoms with Crippen LogP contribution in [0.15, 0.2) is 30.3 Å². The number of primary amides is 1. The number of carbonyl (C=O) groups is 1. The van der Waals surface area contributed by atoms with E-state index < -0.39 is 25.2 Å². The number of aliphatic hydroxyl groups excluding tert-OH is 1. The third-order valence-corrected chi connectivity index (χ3v) is 4.28. The number of ether oxygens (including phenoxy) is 4. The van der Waals surface area contributed by atoms with E-state index in [2.05, 4.69) is 15.6 Å². The van der Waals surface area contributed by atoms with Gasteiger partial charge < -0.3 is 35.2 Å². The first-order chi connectivity index (χ1) is 15.3. The minimum Gasteiger partial charge on any atom is -0.493 e. The van der Waals surface area contributed by atoms with Crippen molar-refractivity contribution in [2.75, 3.05) is 33.4 Å². The summed E-state index contributed by atoms with van der Waals surface area (Å²) >= 11 is 0. The van der Waals surface area contributed by atoms with Gasteiger partial charge in [0.15, 0.2) is 17.2 Å². The fourth-order valence-corrected chi connectivity index (χ4v) is 2.71. The zero-order valence-corrected chi connectivity index (χ0v) is 17.7. The van der Waals surface area contributed by atoms with E-state index in [0.717, 1.165) is 5.56 Å². The van der Waals surface area contributed by atoms with Crippen molar-refractivity contribution in [3.05, 3.63) is 41.5 Å². The van der Waals surface area contributed by atoms with Gasteiger partial charge in [-0.2, -0.15) is 8.78 Å². The van der Waals surface area contributed by atoms with Crippen molar-refractivity contribution >= 4 is 23.7 Å². The number of methoxy groups -OCH3 is 3. The molecule has 0 unspecified atom stereocenters. The highest BCUT2D eigenvalue weighted by Gasteiger charge is 2.16. The van der Waals surface area contributed by atoms with Crippen LogP contribution in [-0.2, 0) is 4.79 Å². The van der Waals surface area contributed by atoms with Crippen LogP contribution in [0.2, 0.25) is 0 Å². The SMILES string of the molecule is COc1cc(C=Cc2ccc(OC(F)F)c(NN[C@@H](CO)C(N)=O)c2)cc(OC)c1OC. The van der Waals surface area contributed by atoms with Crippen LogP contribution < -0.4 is 35.5 Å². The summed E-state index contributed by atoms with van der Waals surface area (Å²) in [5, 5.41) is 9.18. The molecule has 0 aliphatic rings. The van der Waals surface area contributed by atoms with Gasteiger partial charge in [0, 0.05) is 0 Å². The molecule has 1 amide bonds. The van der Waals surface area contributed by atoms with Crippen LogP contribution in [0.25, 0.3) is 12.2 Å². The summed E-state index contributed by atoms with van der Waals surface area (Å²) in [6, 6.07) is 6.76. The van der Waals surface area contributed by atoms with Gasteiger partial charge >= 0.3 is 6.61 Å². The Kier molecular flexibility index (Phi) is 9.05. The van der Waals surface area contributed by atoms with Crippen LogP contribution in [-0.4, -0.2) is 51.6 Å². The lowest BCUT2D eigenvalue weighted by Crippen LogP contribution is -2.46. The van der Waals surface area contributed by atoms with Crippen LogP contribution >= 0.6 is 0 Å². The second kappa shape index (κ2) is 11.7. The van der Waals surface area contributed by atoms with Gasteiger partial charge in [-0.15, -0.1) is 0 Å². The molecule has 0 saturated heterocycles. The summed E-state index contributed by atoms with van der Waals surface area (Å²) in [5.74, 6) is 0.403. The lowest BCUT2D eigenvalue weighted by molar-refractivity contribution is -0.120. The number of carbonyl (C=O) groups excluding carboxylic acids is 1. The molecule has 0 spiro atoms. The van der Waals surface area contributed by atoms with Gasteiger partial charge in [-0.25, -0.2) is 5.43 Å². The van der Waals surface area contributed by atoms with Crippen molar-refractivity contribution in [3.8, 4) is 23.0 Å². The number of hydrogen-bond acceptors (Lipinski definition) is 8. The average molecular weight is 453 g/mol. The third kappa shape index (κ3) is 6.46. The molecule has 2 rings (SSSR count). The van der Waals surface area contributed by atoms with Crippen molar-refractivity contribution in [1.82, 2.24) is 5.43 Å². The van der Waals surface area contributed by atoms with E-state index in [-0.39, 0.29) is 11.4 Å². The first-order valence-electron chi connectivity index (χ1n) is 9.31. The Morgan fingerprint density at radius 1 is 1.03 bits per heavy atom. The monoisotopic (exact) mass is 453 g/mol. The molecule has 0 aromatic heterocycles. The molecule has 5 N–H and O–H groups in total. The van der Waals surface area contributed by atoms with Crippen molar-refractivity contribution in [1.29, 1.82) is 0 Å². The molecule has 0 aliphatic carbocycles. The van der Waals surface area contributed by atoms with Gasteiger partial charge in [0.25, 0.3) is 0 Å². The molecule has 174 valence electrons. The number of aliphatic hydroxyl groups is 1. The Bertz CT molecular complexity index is 930. The summed E-state index contributed by atoms with van der Waals surface area (Å²) in [7, 11) is 4.51. The molecule has 0 fully saturated rings. The number of hydrogen-bond donors (Lipinski definition) is 4. The molecule has 11 heteroatoms. The van der Waals surface area contributed by atoms with Crippen molar-refractivity contribution in [3.63, 3.8) is 0 Å². The molecule has 0 aliphatic heterocycles. The maximum Gasteiger partial charge on any atom is 0.387 e. The van der Waals surface area contributed by atoms with Gasteiger partial charge in [-0.3, -0.25) is 4.79 Å². The Labute approximate surface area is 183 Å². The highest BCUT2D eigenvalue weighted by Crippen LogP contribution is 2.38. The van der Waals surface area contributed by atoms with E-state index in [1.165, 1.54) is 33.5 Å². The predicted octanol–water partition coefficient (Wildman–Crippen LogP) is 2.25. The first-order valence-corrected chi connectivity index (χ1v) is 9.31. The van der Waals surface area contributed by atoms with Crippen LogP contribution in [0.4, 0.5) is 14.5 Å². The smallest absolute Gasteiger partial charge is 0.387 e. The molecule has 0 saturated carbocycles. The number of hydrazine groups is 1. The molecule has 0 heterocycles. The molecule has 0 bridgehead atoms. The molecule has 2 aromatic rings. The summed E-state index contributed by atoms with van der Waals surface area (Å²) in [6.45, 7) is -3.64. The molecular weight excluding hydrogens is 428 g/mol. The second-order valence-electron chi connectivity index (χ2n) is 6.33. The summed E-state index contributed by atoms with van der Waals surface area (Å²) in [5.41, 5.74) is 11.7. The van der Waals surface area contributed by atoms with Crippen LogP contribution in [0.1, 0.15) is 11.1 Å². The summed E-state index contributed by atoms with van der Waals surface area (Å²) in [6.07, 6.45) is 3.47. The number of halogens is 2. The molecule has 0 radical (unpaired) electrons. The normalized spacial score (nSPS) is 12.0. The number of benzene rings is 2. The Balaban J connectivity index is 2.33. The fraction of sp³-hybridized carbons (Fsp3) is 0.286. The van der Waals surface area contributed by atoms with Gasteiger partial charge in [0.05, 0.1) is 33.6 Å². The van der Waals surface area contributed by atoms with Crippen molar-refractivity contribution in [2.24, 2.45) is 5.73 Å². The average Bonchev–Trinajstić information content (AvgIpc) is 2.77. The largest absolute Gasteiger partial charge is 0.493 e. The second-order valence-corrected chi connectivity index (χ2v) is 6.33. The standard InChI is InChI=1S/C21H25F2N3O6/c1-29-17-9-13(10-18(30-2)19(17)31-3)5-4-12-6-7-16(32-21(22)23)14(8-12)25-26-15(11-27)20(24)28/h4-10,15,21,25-27H,11H2,1-3H3,(H2,24,28)/t15-/m0/s1. The topological polar surface area (TPSA) is 124 Å². The third-order valence-electron chi connectivity index (χ3n) is 4.28. The van der Waals surface area contributed by atoms with E-state index in [9.17, 15) is 18.7 Å². The number of amides is 1. The predicted molar refractivity (Wildman–Crippen MR) is 115 cm³/mol. The van der Waals surface area contributed by atoms with Gasteiger partial charge in [-0.05, 0) is 35.4 Å². The van der Waals surface area contributed by atoms with Crippen molar-refractivity contribution < 1.29 is 37.6 Å². The lowest BCUT2D eigenvalue weighted by Gasteiger charge is -2.17. The van der Waals surface area contributed by atoms with Crippen LogP contribution in [0.3, 0.4) is 0 Å². The lowest BCUT2D eigenvalue weighted by atomic mass is 10.1. The number of nitrogens with two attached hydrogens (primary N) is 1. The fourth-order valence-electron chi connectivity index (χ4n) is 2.71. The van der Waals surface area contributed by atoms with E-state index in [4.69, 9.17) is 19.9 Å². The zero-order chi connectivity index (χ0) is 23.7. The Hall–Kier alpha value is -3.57. The molecular formula is C21H25F2N3O6. The first kappa shape index (κ1) is 24.7. The zero-order valence-electron chi connectivity index (χ0n) is 17.7. The summed E-state index contributed by atoms with van der Waals surface area (Å²) < 4.78 is 45.9. The number of anilines is 1. The number of nitrogens with one attached hydrogen (secondary N) is 2. The van der Waals surface area contributed by atoms with Crippen LogP contribution in [0.5, 0.6) is 23.0 Å². The Morgan fingerprint density at radius 3 is 2.16 bits per heavy atom. The minimum absolute atomic E-state index is 0.108. The highest BCUT2D eigenvalue weighted by molar-refractivity contribution is 5.80. The number of alkyl halides is 2. The minimum atomic E-state index is -3.05. The van der Waals surface area contributed by atoms with E-state index >= 15 is 0 Å². The molecule has 32 heavy (non-hydrogen) atoms. The Morgan fingerprint density at radius 2 is 1.66 bits per heavy atom. The van der Waals surface area contributed by atoms with E-state index in [1.807, 2.05) is 0 Å². The molecule has 1 atom stereocenters.